The SMILES string of the molecule is Oc1ccc2c(c1)C[C@H]1NCC[C@@]23CCCC[C@@H]13. The molecule has 1 aromatic rings. The standard InChI is InChI=1S/C16H21NO/c18-12-4-5-13-11(9-12)10-15-14-3-1-2-6-16(13,14)7-8-17-15/h4-5,9,14-15,17-18H,1-3,6-8,10H2/t14-,15+,16-/m0/s1. The largest absolute Gasteiger partial charge is 0.508 e. The van der Waals surface area contributed by atoms with Gasteiger partial charge >= 0.3 is 0 Å². The van der Waals surface area contributed by atoms with Crippen molar-refractivity contribution in [3.8, 4) is 5.75 Å². The first-order valence-corrected chi connectivity index (χ1v) is 7.35. The second-order valence-electron chi connectivity index (χ2n) is 6.36. The monoisotopic (exact) mass is 243 g/mol. The van der Waals surface area contributed by atoms with Crippen LogP contribution < -0.4 is 5.32 Å². The van der Waals surface area contributed by atoms with Gasteiger partial charge in [0.1, 0.15) is 5.75 Å². The van der Waals surface area contributed by atoms with Crippen LogP contribution in [-0.4, -0.2) is 17.7 Å². The summed E-state index contributed by atoms with van der Waals surface area (Å²) in [4.78, 5) is 0. The summed E-state index contributed by atoms with van der Waals surface area (Å²) in [5.74, 6) is 1.26. The third-order valence-corrected chi connectivity index (χ3v) is 5.63. The number of aromatic hydroxyl groups is 1. The minimum absolute atomic E-state index is 0.426. The number of phenolic OH excluding ortho intramolecular Hbond substituents is 1. The van der Waals surface area contributed by atoms with Gasteiger partial charge in [-0.1, -0.05) is 18.9 Å². The smallest absolute Gasteiger partial charge is 0.115 e. The lowest BCUT2D eigenvalue weighted by Gasteiger charge is -2.56. The molecule has 0 unspecified atom stereocenters. The van der Waals surface area contributed by atoms with Gasteiger partial charge in [0.2, 0.25) is 0 Å². The third-order valence-electron chi connectivity index (χ3n) is 5.63. The fourth-order valence-corrected chi connectivity index (χ4v) is 4.94. The summed E-state index contributed by atoms with van der Waals surface area (Å²) in [6.45, 7) is 1.17. The first-order valence-electron chi connectivity index (χ1n) is 7.35. The van der Waals surface area contributed by atoms with Crippen molar-refractivity contribution in [2.45, 2.75) is 50.0 Å². The van der Waals surface area contributed by atoms with Crippen LogP contribution in [0, 0.1) is 5.92 Å². The summed E-state index contributed by atoms with van der Waals surface area (Å²) in [6, 6.07) is 6.75. The van der Waals surface area contributed by atoms with E-state index in [0.29, 0.717) is 17.2 Å². The summed E-state index contributed by atoms with van der Waals surface area (Å²) < 4.78 is 0. The molecule has 18 heavy (non-hydrogen) atoms. The van der Waals surface area contributed by atoms with Crippen molar-refractivity contribution in [2.75, 3.05) is 6.54 Å². The molecule has 3 aliphatic rings. The Morgan fingerprint density at radius 1 is 1.22 bits per heavy atom. The normalized spacial score (nSPS) is 37.8. The fraction of sp³-hybridized carbons (Fsp3) is 0.625. The number of fused-ring (bicyclic) bond motifs is 1. The Morgan fingerprint density at radius 2 is 2.17 bits per heavy atom. The van der Waals surface area contributed by atoms with E-state index in [2.05, 4.69) is 11.4 Å². The molecule has 1 saturated heterocycles. The highest BCUT2D eigenvalue weighted by Gasteiger charge is 2.51. The van der Waals surface area contributed by atoms with Crippen LogP contribution in [0.2, 0.25) is 0 Å². The summed E-state index contributed by atoms with van der Waals surface area (Å²) in [5.41, 5.74) is 3.38. The lowest BCUT2D eigenvalue weighted by Crippen LogP contribution is -2.59. The minimum atomic E-state index is 0.426. The Bertz CT molecular complexity index is 480. The van der Waals surface area contributed by atoms with E-state index in [1.807, 2.05) is 12.1 Å². The number of hydrogen-bond donors (Lipinski definition) is 2. The molecule has 0 aromatic heterocycles. The van der Waals surface area contributed by atoms with E-state index in [4.69, 9.17) is 0 Å². The van der Waals surface area contributed by atoms with Crippen molar-refractivity contribution in [1.82, 2.24) is 5.32 Å². The van der Waals surface area contributed by atoms with Crippen LogP contribution in [-0.2, 0) is 11.8 Å². The van der Waals surface area contributed by atoms with Crippen molar-refractivity contribution in [3.05, 3.63) is 29.3 Å². The Hall–Kier alpha value is -1.02. The van der Waals surface area contributed by atoms with E-state index in [1.165, 1.54) is 44.2 Å². The number of rotatable bonds is 0. The maximum Gasteiger partial charge on any atom is 0.115 e. The van der Waals surface area contributed by atoms with Gasteiger partial charge in [0.15, 0.2) is 0 Å². The van der Waals surface area contributed by atoms with Gasteiger partial charge < -0.3 is 10.4 Å². The fourth-order valence-electron chi connectivity index (χ4n) is 4.94. The molecule has 0 amide bonds. The van der Waals surface area contributed by atoms with Gasteiger partial charge in [-0.2, -0.15) is 0 Å². The second kappa shape index (κ2) is 3.74. The van der Waals surface area contributed by atoms with E-state index in [-0.39, 0.29) is 0 Å². The highest BCUT2D eigenvalue weighted by atomic mass is 16.3. The van der Waals surface area contributed by atoms with E-state index >= 15 is 0 Å². The Labute approximate surface area is 108 Å². The molecular formula is C16H21NO. The molecule has 4 rings (SSSR count). The summed E-state index contributed by atoms with van der Waals surface area (Å²) in [7, 11) is 0. The van der Waals surface area contributed by atoms with E-state index in [9.17, 15) is 5.11 Å². The van der Waals surface area contributed by atoms with Crippen molar-refractivity contribution >= 4 is 0 Å². The molecule has 1 heterocycles. The molecule has 2 nitrogen and oxygen atoms in total. The highest BCUT2D eigenvalue weighted by molar-refractivity contribution is 5.44. The van der Waals surface area contributed by atoms with Gasteiger partial charge in [-0.05, 0) is 61.4 Å². The molecule has 2 aliphatic carbocycles. The zero-order valence-electron chi connectivity index (χ0n) is 10.8. The molecule has 1 aliphatic heterocycles. The Morgan fingerprint density at radius 3 is 3.11 bits per heavy atom. The summed E-state index contributed by atoms with van der Waals surface area (Å²) in [5, 5.41) is 13.4. The van der Waals surface area contributed by atoms with Crippen LogP contribution in [0.15, 0.2) is 18.2 Å². The van der Waals surface area contributed by atoms with Crippen molar-refractivity contribution in [1.29, 1.82) is 0 Å². The van der Waals surface area contributed by atoms with Gasteiger partial charge in [-0.3, -0.25) is 0 Å². The number of phenols is 1. The molecule has 96 valence electrons. The van der Waals surface area contributed by atoms with Crippen LogP contribution in [0.3, 0.4) is 0 Å². The van der Waals surface area contributed by atoms with Gasteiger partial charge in [-0.15, -0.1) is 0 Å². The molecule has 2 heteroatoms. The number of hydrogen-bond acceptors (Lipinski definition) is 2. The molecule has 2 fully saturated rings. The van der Waals surface area contributed by atoms with Crippen molar-refractivity contribution in [2.24, 2.45) is 5.92 Å². The predicted molar refractivity (Wildman–Crippen MR) is 71.9 cm³/mol. The average molecular weight is 243 g/mol. The van der Waals surface area contributed by atoms with E-state index < -0.39 is 0 Å². The zero-order valence-corrected chi connectivity index (χ0v) is 10.8. The number of benzene rings is 1. The molecular weight excluding hydrogens is 222 g/mol. The van der Waals surface area contributed by atoms with E-state index in [1.54, 1.807) is 5.56 Å². The molecule has 0 radical (unpaired) electrons. The van der Waals surface area contributed by atoms with Crippen molar-refractivity contribution in [3.63, 3.8) is 0 Å². The minimum Gasteiger partial charge on any atom is -0.508 e. The highest BCUT2D eigenvalue weighted by Crippen LogP contribution is 2.54. The number of nitrogens with one attached hydrogen (secondary N) is 1. The van der Waals surface area contributed by atoms with Crippen LogP contribution in [0.5, 0.6) is 5.75 Å². The molecule has 1 saturated carbocycles. The topological polar surface area (TPSA) is 32.3 Å². The first kappa shape index (κ1) is 10.9. The van der Waals surface area contributed by atoms with Crippen LogP contribution in [0.4, 0.5) is 0 Å². The van der Waals surface area contributed by atoms with Crippen LogP contribution in [0.25, 0.3) is 0 Å². The maximum absolute atomic E-state index is 9.72. The Balaban J connectivity index is 1.90. The molecule has 2 N–H and O–H groups in total. The second-order valence-corrected chi connectivity index (χ2v) is 6.36. The number of piperidine rings is 1. The molecule has 1 aromatic carbocycles. The van der Waals surface area contributed by atoms with Gasteiger partial charge in [-0.25, -0.2) is 0 Å². The van der Waals surface area contributed by atoms with Gasteiger partial charge in [0.05, 0.1) is 0 Å². The van der Waals surface area contributed by atoms with Crippen LogP contribution in [0.1, 0.15) is 43.2 Å². The molecule has 3 atom stereocenters. The predicted octanol–water partition coefficient (Wildman–Crippen LogP) is 2.74. The third kappa shape index (κ3) is 1.33. The lowest BCUT2D eigenvalue weighted by molar-refractivity contribution is 0.0797. The first-order chi connectivity index (χ1) is 8.79. The maximum atomic E-state index is 9.72. The molecule has 0 spiro atoms. The van der Waals surface area contributed by atoms with Crippen molar-refractivity contribution < 1.29 is 5.11 Å². The average Bonchev–Trinajstić information content (AvgIpc) is 2.38. The van der Waals surface area contributed by atoms with E-state index in [0.717, 1.165) is 12.3 Å². The Kier molecular flexibility index (Phi) is 2.25. The van der Waals surface area contributed by atoms with Crippen LogP contribution >= 0.6 is 0 Å². The summed E-state index contributed by atoms with van der Waals surface area (Å²) in [6.07, 6.45) is 7.91. The van der Waals surface area contributed by atoms with Gasteiger partial charge in [0.25, 0.3) is 0 Å². The quantitative estimate of drug-likeness (QED) is 0.734. The zero-order chi connectivity index (χ0) is 12.2. The van der Waals surface area contributed by atoms with Gasteiger partial charge in [0, 0.05) is 11.5 Å². The lowest BCUT2D eigenvalue weighted by atomic mass is 9.53. The molecule has 2 bridgehead atoms. The summed E-state index contributed by atoms with van der Waals surface area (Å²) >= 11 is 0.